The predicted molar refractivity (Wildman–Crippen MR) is 266 cm³/mol. The van der Waals surface area contributed by atoms with Gasteiger partial charge in [-0.3, -0.25) is 0 Å². The first-order valence-electron chi connectivity index (χ1n) is 22.1. The second-order valence-electron chi connectivity index (χ2n) is 16.7. The molecule has 0 N–H and O–H groups in total. The number of hydrogen-bond acceptors (Lipinski definition) is 2. The average Bonchev–Trinajstić information content (AvgIpc) is 3.68. The van der Waals surface area contributed by atoms with Gasteiger partial charge in [-0.05, 0) is 115 Å². The molecule has 2 aliphatic rings. The van der Waals surface area contributed by atoms with Crippen LogP contribution in [-0.4, -0.2) is 0 Å². The van der Waals surface area contributed by atoms with Crippen LogP contribution < -0.4 is 4.90 Å². The quantitative estimate of drug-likeness (QED) is 0.150. The molecule has 0 saturated carbocycles. The van der Waals surface area contributed by atoms with Crippen molar-refractivity contribution in [1.29, 1.82) is 0 Å². The molecule has 0 amide bonds. The maximum atomic E-state index is 2.51. The highest BCUT2D eigenvalue weighted by molar-refractivity contribution is 7.99. The molecule has 0 fully saturated rings. The maximum Gasteiger partial charge on any atom is 0.0733 e. The molecule has 1 nitrogen and oxygen atoms in total. The average molecular weight is 834 g/mol. The van der Waals surface area contributed by atoms with Gasteiger partial charge in [0.25, 0.3) is 0 Å². The Morgan fingerprint density at radius 2 is 0.719 bits per heavy atom. The van der Waals surface area contributed by atoms with Gasteiger partial charge in [-0.15, -0.1) is 0 Å². The van der Waals surface area contributed by atoms with Crippen molar-refractivity contribution in [3.63, 3.8) is 0 Å². The van der Waals surface area contributed by atoms with Gasteiger partial charge in [0.05, 0.1) is 16.5 Å². The van der Waals surface area contributed by atoms with Crippen molar-refractivity contribution in [2.75, 3.05) is 4.90 Å². The summed E-state index contributed by atoms with van der Waals surface area (Å²) in [5.41, 5.74) is 17.1. The number of nitrogens with zero attached hydrogens (tertiary/aromatic N) is 1. The SMILES string of the molecule is c1ccc(-c2ccc3c(c2)C(c2ccccc2)(c2ccccc2)c2cc(N(c4ccccc4)c4ccccc4C4(c5ccccc5)c5ccccc5-c5ccccc54)ccc2S3)cc1. The number of para-hydroxylation sites is 2. The van der Waals surface area contributed by atoms with Gasteiger partial charge >= 0.3 is 0 Å². The van der Waals surface area contributed by atoms with E-state index in [4.69, 9.17) is 0 Å². The number of hydrogen-bond donors (Lipinski definition) is 0. The molecule has 0 saturated heterocycles. The Morgan fingerprint density at radius 3 is 1.30 bits per heavy atom. The van der Waals surface area contributed by atoms with Crippen LogP contribution in [0.5, 0.6) is 0 Å². The topological polar surface area (TPSA) is 3.24 Å². The minimum Gasteiger partial charge on any atom is -0.310 e. The lowest BCUT2D eigenvalue weighted by Gasteiger charge is -2.43. The van der Waals surface area contributed by atoms with Gasteiger partial charge in [-0.25, -0.2) is 0 Å². The highest BCUT2D eigenvalue weighted by Gasteiger charge is 2.48. The fraction of sp³-hybridized carbons (Fsp3) is 0.0323. The lowest BCUT2D eigenvalue weighted by molar-refractivity contribution is 0.703. The zero-order chi connectivity index (χ0) is 42.5. The van der Waals surface area contributed by atoms with Gasteiger partial charge in [-0.1, -0.05) is 224 Å². The first-order valence-corrected chi connectivity index (χ1v) is 22.9. The molecule has 0 spiro atoms. The summed E-state index contributed by atoms with van der Waals surface area (Å²) >= 11 is 1.88. The van der Waals surface area contributed by atoms with Crippen LogP contribution >= 0.6 is 11.8 Å². The minimum atomic E-state index is -0.629. The highest BCUT2D eigenvalue weighted by atomic mass is 32.2. The molecule has 0 atom stereocenters. The Labute approximate surface area is 380 Å². The Balaban J connectivity index is 1.16. The predicted octanol–water partition coefficient (Wildman–Crippen LogP) is 16.0. The first-order chi connectivity index (χ1) is 31.8. The fourth-order valence-corrected chi connectivity index (χ4v) is 12.0. The number of fused-ring (bicyclic) bond motifs is 5. The van der Waals surface area contributed by atoms with Crippen molar-refractivity contribution >= 4 is 28.8 Å². The summed E-state index contributed by atoms with van der Waals surface area (Å²) in [4.78, 5) is 5.02. The van der Waals surface area contributed by atoms with Crippen molar-refractivity contribution in [1.82, 2.24) is 0 Å². The largest absolute Gasteiger partial charge is 0.310 e. The second kappa shape index (κ2) is 15.6. The molecule has 2 heteroatoms. The Bertz CT molecular complexity index is 3210. The Kier molecular flexibility index (Phi) is 9.28. The molecular weight excluding hydrogens is 791 g/mol. The van der Waals surface area contributed by atoms with Crippen LogP contribution in [0.3, 0.4) is 0 Å². The third-order valence-electron chi connectivity index (χ3n) is 13.5. The molecule has 64 heavy (non-hydrogen) atoms. The van der Waals surface area contributed by atoms with Gasteiger partial charge in [0.15, 0.2) is 0 Å². The van der Waals surface area contributed by atoms with E-state index in [0.29, 0.717) is 0 Å². The summed E-state index contributed by atoms with van der Waals surface area (Å²) in [7, 11) is 0. The van der Waals surface area contributed by atoms with Crippen molar-refractivity contribution in [2.24, 2.45) is 0 Å². The zero-order valence-electron chi connectivity index (χ0n) is 35.2. The van der Waals surface area contributed by atoms with E-state index in [2.05, 4.69) is 266 Å². The minimum absolute atomic E-state index is 0.591. The molecule has 12 rings (SSSR count). The molecule has 0 unspecified atom stereocenters. The molecule has 302 valence electrons. The lowest BCUT2D eigenvalue weighted by Crippen LogP contribution is -2.34. The molecule has 1 aliphatic carbocycles. The van der Waals surface area contributed by atoms with Crippen LogP contribution in [0.15, 0.2) is 271 Å². The summed E-state index contributed by atoms with van der Waals surface area (Å²) in [6, 6.07) is 96.6. The standard InChI is InChI=1S/C62H43NS/c1-6-22-44(23-7-1)45-38-40-59-56(42-45)61(46-24-8-2-9-25-46,47-26-10-3-11-27-47)57-43-50(39-41-60(57)64-59)63(49-30-14-5-15-31-49)58-37-21-20-36-55(58)62(48-28-12-4-13-29-48)53-34-18-16-32-51(53)52-33-17-19-35-54(52)62/h1-43H. The molecule has 10 aromatic carbocycles. The Hall–Kier alpha value is -7.65. The summed E-state index contributed by atoms with van der Waals surface area (Å²) < 4.78 is 0. The molecule has 1 heterocycles. The van der Waals surface area contributed by atoms with E-state index >= 15 is 0 Å². The van der Waals surface area contributed by atoms with E-state index in [9.17, 15) is 0 Å². The van der Waals surface area contributed by atoms with Crippen LogP contribution in [0, 0.1) is 0 Å². The van der Waals surface area contributed by atoms with Gasteiger partial charge in [-0.2, -0.15) is 0 Å². The second-order valence-corrected chi connectivity index (χ2v) is 17.8. The first kappa shape index (κ1) is 38.1. The van der Waals surface area contributed by atoms with E-state index in [-0.39, 0.29) is 0 Å². The van der Waals surface area contributed by atoms with Crippen LogP contribution in [0.1, 0.15) is 44.5 Å². The molecule has 0 radical (unpaired) electrons. The van der Waals surface area contributed by atoms with Crippen molar-refractivity contribution in [2.45, 2.75) is 20.6 Å². The maximum absolute atomic E-state index is 2.51. The smallest absolute Gasteiger partial charge is 0.0733 e. The lowest BCUT2D eigenvalue weighted by atomic mass is 9.64. The summed E-state index contributed by atoms with van der Waals surface area (Å²) in [6.45, 7) is 0. The summed E-state index contributed by atoms with van der Waals surface area (Å²) in [6.07, 6.45) is 0. The van der Waals surface area contributed by atoms with E-state index in [1.807, 2.05) is 11.8 Å². The van der Waals surface area contributed by atoms with Gasteiger partial charge < -0.3 is 4.90 Å². The van der Waals surface area contributed by atoms with Gasteiger partial charge in [0.1, 0.15) is 0 Å². The van der Waals surface area contributed by atoms with E-state index in [1.165, 1.54) is 76.6 Å². The number of benzene rings is 10. The molecule has 1 aliphatic heterocycles. The molecule has 10 aromatic rings. The monoisotopic (exact) mass is 833 g/mol. The van der Waals surface area contributed by atoms with Gasteiger partial charge in [0, 0.05) is 21.2 Å². The van der Waals surface area contributed by atoms with E-state index in [1.54, 1.807) is 0 Å². The number of anilines is 3. The van der Waals surface area contributed by atoms with Crippen molar-refractivity contribution in [3.05, 3.63) is 305 Å². The van der Waals surface area contributed by atoms with Crippen LogP contribution in [0.25, 0.3) is 22.3 Å². The third kappa shape index (κ3) is 5.80. The summed E-state index contributed by atoms with van der Waals surface area (Å²) in [5.74, 6) is 0. The normalized spacial score (nSPS) is 13.8. The van der Waals surface area contributed by atoms with E-state index < -0.39 is 10.8 Å². The van der Waals surface area contributed by atoms with Crippen molar-refractivity contribution < 1.29 is 0 Å². The van der Waals surface area contributed by atoms with Gasteiger partial charge in [0.2, 0.25) is 0 Å². The highest BCUT2D eigenvalue weighted by Crippen LogP contribution is 2.60. The van der Waals surface area contributed by atoms with Crippen LogP contribution in [-0.2, 0) is 10.8 Å². The summed E-state index contributed by atoms with van der Waals surface area (Å²) in [5, 5.41) is 0. The zero-order valence-corrected chi connectivity index (χ0v) is 36.0. The van der Waals surface area contributed by atoms with Crippen LogP contribution in [0.4, 0.5) is 17.1 Å². The van der Waals surface area contributed by atoms with E-state index in [0.717, 1.165) is 17.1 Å². The fourth-order valence-electron chi connectivity index (χ4n) is 10.9. The van der Waals surface area contributed by atoms with Crippen LogP contribution in [0.2, 0.25) is 0 Å². The molecule has 0 bridgehead atoms. The molecule has 0 aromatic heterocycles. The van der Waals surface area contributed by atoms with Crippen molar-refractivity contribution in [3.8, 4) is 22.3 Å². The number of rotatable bonds is 8. The molecular formula is C62H43NS. The third-order valence-corrected chi connectivity index (χ3v) is 14.6. The Morgan fingerprint density at radius 1 is 0.281 bits per heavy atom.